The van der Waals surface area contributed by atoms with Crippen molar-refractivity contribution in [1.82, 2.24) is 20.9 Å². The van der Waals surface area contributed by atoms with Crippen molar-refractivity contribution in [2.75, 3.05) is 46.4 Å². The van der Waals surface area contributed by atoms with Crippen LogP contribution in [0.5, 0.6) is 0 Å². The van der Waals surface area contributed by atoms with Gasteiger partial charge in [0, 0.05) is 45.9 Å². The van der Waals surface area contributed by atoms with Crippen molar-refractivity contribution in [3.05, 3.63) is 0 Å². The number of likely N-dealkylation sites (N-methyl/N-ethyl adjacent to an activating group) is 1. The molecule has 0 aromatic carbocycles. The molecule has 3 N–H and O–H groups in total. The number of nitrogens with one attached hydrogen (secondary N) is 3. The third-order valence-corrected chi connectivity index (χ3v) is 4.73. The highest BCUT2D eigenvalue weighted by atomic mass is 127. The molecule has 1 amide bonds. The number of amides is 1. The van der Waals surface area contributed by atoms with E-state index in [1.165, 1.54) is 0 Å². The zero-order valence-corrected chi connectivity index (χ0v) is 20.0. The maximum absolute atomic E-state index is 11.5. The predicted octanol–water partition coefficient (Wildman–Crippen LogP) is 1.82. The average molecular weight is 497 g/mol. The molecule has 7 nitrogen and oxygen atoms in total. The Morgan fingerprint density at radius 1 is 1.26 bits per heavy atom. The number of nitrogens with zero attached hydrogens (tertiary/aromatic N) is 2. The second kappa shape index (κ2) is 15.3. The van der Waals surface area contributed by atoms with E-state index in [9.17, 15) is 4.79 Å². The number of carbonyl (C=O) groups is 1. The quantitative estimate of drug-likeness (QED) is 0.244. The van der Waals surface area contributed by atoms with E-state index in [2.05, 4.69) is 41.6 Å². The lowest BCUT2D eigenvalue weighted by Gasteiger charge is -2.32. The summed E-state index contributed by atoms with van der Waals surface area (Å²) in [5.74, 6) is 1.47. The number of guanidine groups is 1. The molecule has 160 valence electrons. The molecule has 0 aromatic heterocycles. The van der Waals surface area contributed by atoms with Gasteiger partial charge in [-0.25, -0.2) is 0 Å². The van der Waals surface area contributed by atoms with Gasteiger partial charge in [-0.05, 0) is 39.0 Å². The van der Waals surface area contributed by atoms with E-state index in [1.807, 2.05) is 6.92 Å². The van der Waals surface area contributed by atoms with Crippen LogP contribution < -0.4 is 16.0 Å². The van der Waals surface area contributed by atoms with Gasteiger partial charge in [0.05, 0.1) is 12.6 Å². The van der Waals surface area contributed by atoms with Crippen molar-refractivity contribution in [2.45, 2.75) is 59.1 Å². The summed E-state index contributed by atoms with van der Waals surface area (Å²) in [5.41, 5.74) is 0. The molecule has 0 spiro atoms. The SMILES string of the molecule is CCNC(=NCCC(OCC)C(C)C)NC1CCN(CC(=O)NC)CC1.I. The fraction of sp³-hybridized carbons (Fsp3) is 0.895. The molecule has 0 radical (unpaired) electrons. The summed E-state index contributed by atoms with van der Waals surface area (Å²) < 4.78 is 5.80. The average Bonchev–Trinajstić information content (AvgIpc) is 2.62. The summed E-state index contributed by atoms with van der Waals surface area (Å²) in [7, 11) is 1.69. The van der Waals surface area contributed by atoms with Gasteiger partial charge in [0.15, 0.2) is 5.96 Å². The lowest BCUT2D eigenvalue weighted by atomic mass is 10.0. The molecule has 1 atom stereocenters. The minimum atomic E-state index is 0. The lowest BCUT2D eigenvalue weighted by Crippen LogP contribution is -2.50. The van der Waals surface area contributed by atoms with E-state index in [0.29, 0.717) is 18.5 Å². The van der Waals surface area contributed by atoms with E-state index >= 15 is 0 Å². The fourth-order valence-electron chi connectivity index (χ4n) is 3.16. The molecule has 1 saturated heterocycles. The Morgan fingerprint density at radius 3 is 2.44 bits per heavy atom. The molecule has 0 saturated carbocycles. The first-order valence-electron chi connectivity index (χ1n) is 10.1. The molecule has 1 rings (SSSR count). The standard InChI is InChI=1S/C19H39N5O2.HI/c1-6-21-19(22-11-8-17(15(3)4)26-7-2)23-16-9-12-24(13-10-16)14-18(25)20-5;/h15-17H,6-14H2,1-5H3,(H,20,25)(H2,21,22,23);1H. The molecule has 0 aliphatic carbocycles. The molecule has 1 heterocycles. The molecule has 27 heavy (non-hydrogen) atoms. The Hall–Kier alpha value is -0.610. The summed E-state index contributed by atoms with van der Waals surface area (Å²) in [5, 5.41) is 9.57. The highest BCUT2D eigenvalue weighted by Gasteiger charge is 2.21. The first-order valence-corrected chi connectivity index (χ1v) is 10.1. The Labute approximate surface area is 182 Å². The number of ether oxygens (including phenoxy) is 1. The summed E-state index contributed by atoms with van der Waals surface area (Å²) in [4.78, 5) is 18.4. The van der Waals surface area contributed by atoms with Crippen molar-refractivity contribution >= 4 is 35.8 Å². The summed E-state index contributed by atoms with van der Waals surface area (Å²) >= 11 is 0. The van der Waals surface area contributed by atoms with Crippen molar-refractivity contribution < 1.29 is 9.53 Å². The van der Waals surface area contributed by atoms with E-state index < -0.39 is 0 Å². The number of hydrogen-bond donors (Lipinski definition) is 3. The Morgan fingerprint density at radius 2 is 1.93 bits per heavy atom. The van der Waals surface area contributed by atoms with Crippen molar-refractivity contribution in [2.24, 2.45) is 10.9 Å². The molecule has 8 heteroatoms. The maximum Gasteiger partial charge on any atom is 0.233 e. The zero-order valence-electron chi connectivity index (χ0n) is 17.7. The summed E-state index contributed by atoms with van der Waals surface area (Å²) in [6, 6.07) is 0.404. The normalized spacial score (nSPS) is 17.3. The maximum atomic E-state index is 11.5. The molecule has 0 bridgehead atoms. The van der Waals surface area contributed by atoms with Crippen LogP contribution in [0.25, 0.3) is 0 Å². The second-order valence-corrected chi connectivity index (χ2v) is 7.16. The monoisotopic (exact) mass is 497 g/mol. The van der Waals surface area contributed by atoms with Gasteiger partial charge in [-0.2, -0.15) is 0 Å². The Bertz CT molecular complexity index is 426. The van der Waals surface area contributed by atoms with Crippen molar-refractivity contribution in [1.29, 1.82) is 0 Å². The number of piperidine rings is 1. The van der Waals surface area contributed by atoms with Crippen LogP contribution in [-0.4, -0.2) is 75.3 Å². The van der Waals surface area contributed by atoms with Gasteiger partial charge >= 0.3 is 0 Å². The van der Waals surface area contributed by atoms with E-state index in [-0.39, 0.29) is 36.0 Å². The van der Waals surface area contributed by atoms with Gasteiger partial charge in [0.2, 0.25) is 5.91 Å². The van der Waals surface area contributed by atoms with E-state index in [1.54, 1.807) is 7.05 Å². The Balaban J connectivity index is 0.00000676. The molecular formula is C19H40IN5O2. The Kier molecular flexibility index (Phi) is 15.0. The number of carbonyl (C=O) groups excluding carboxylic acids is 1. The highest BCUT2D eigenvalue weighted by Crippen LogP contribution is 2.12. The van der Waals surface area contributed by atoms with Crippen molar-refractivity contribution in [3.63, 3.8) is 0 Å². The number of hydrogen-bond acceptors (Lipinski definition) is 4. The van der Waals surface area contributed by atoms with Crippen LogP contribution in [0.4, 0.5) is 0 Å². The van der Waals surface area contributed by atoms with Crippen LogP contribution in [0.1, 0.15) is 47.0 Å². The molecule has 0 aromatic rings. The first kappa shape index (κ1) is 26.4. The molecule has 1 aliphatic heterocycles. The van der Waals surface area contributed by atoms with E-state index in [4.69, 9.17) is 9.73 Å². The summed E-state index contributed by atoms with van der Waals surface area (Å²) in [6.45, 7) is 13.2. The van der Waals surface area contributed by atoms with Crippen LogP contribution in [0.15, 0.2) is 4.99 Å². The zero-order chi connectivity index (χ0) is 19.4. The second-order valence-electron chi connectivity index (χ2n) is 7.16. The smallest absolute Gasteiger partial charge is 0.233 e. The lowest BCUT2D eigenvalue weighted by molar-refractivity contribution is -0.122. The molecule has 1 fully saturated rings. The third kappa shape index (κ3) is 11.1. The minimum Gasteiger partial charge on any atom is -0.378 e. The largest absolute Gasteiger partial charge is 0.378 e. The first-order chi connectivity index (χ1) is 12.5. The topological polar surface area (TPSA) is 78.0 Å². The van der Waals surface area contributed by atoms with Gasteiger partial charge in [-0.1, -0.05) is 13.8 Å². The van der Waals surface area contributed by atoms with Crippen LogP contribution in [0.2, 0.25) is 0 Å². The minimum absolute atomic E-state index is 0. The molecule has 1 unspecified atom stereocenters. The number of likely N-dealkylation sites (tertiary alicyclic amines) is 1. The summed E-state index contributed by atoms with van der Waals surface area (Å²) in [6.07, 6.45) is 3.25. The van der Waals surface area contributed by atoms with Gasteiger partial charge in [0.1, 0.15) is 0 Å². The van der Waals surface area contributed by atoms with Gasteiger partial charge in [-0.3, -0.25) is 14.7 Å². The van der Waals surface area contributed by atoms with Crippen LogP contribution in [0.3, 0.4) is 0 Å². The molecular weight excluding hydrogens is 457 g/mol. The highest BCUT2D eigenvalue weighted by molar-refractivity contribution is 14.0. The van der Waals surface area contributed by atoms with Gasteiger partial charge in [-0.15, -0.1) is 24.0 Å². The fourth-order valence-corrected chi connectivity index (χ4v) is 3.16. The van der Waals surface area contributed by atoms with Crippen LogP contribution >= 0.6 is 24.0 Å². The van der Waals surface area contributed by atoms with Crippen molar-refractivity contribution in [3.8, 4) is 0 Å². The van der Waals surface area contributed by atoms with Gasteiger partial charge < -0.3 is 20.7 Å². The molecule has 1 aliphatic rings. The number of halogens is 1. The predicted molar refractivity (Wildman–Crippen MR) is 123 cm³/mol. The third-order valence-electron chi connectivity index (χ3n) is 4.73. The van der Waals surface area contributed by atoms with Crippen LogP contribution in [0, 0.1) is 5.92 Å². The number of rotatable bonds is 10. The van der Waals surface area contributed by atoms with Crippen LogP contribution in [-0.2, 0) is 9.53 Å². The van der Waals surface area contributed by atoms with E-state index in [0.717, 1.165) is 58.0 Å². The number of aliphatic imine (C=N–C) groups is 1. The van der Waals surface area contributed by atoms with Gasteiger partial charge in [0.25, 0.3) is 0 Å².